The molecule has 1 N–H and O–H groups in total. The Morgan fingerprint density at radius 3 is 2.59 bits per heavy atom. The molecule has 0 spiro atoms. The van der Waals surface area contributed by atoms with Crippen molar-refractivity contribution in [2.45, 2.75) is 37.9 Å². The molecular weight excluding hydrogens is 356 g/mol. The number of ether oxygens (including phenoxy) is 3. The Balaban J connectivity index is 2.15. The second-order valence-electron chi connectivity index (χ2n) is 4.90. The van der Waals surface area contributed by atoms with Crippen molar-refractivity contribution in [3.05, 3.63) is 35.9 Å². The summed E-state index contributed by atoms with van der Waals surface area (Å²) < 4.78 is 16.0. The minimum Gasteiger partial charge on any atom is -0.458 e. The number of alkyl halides is 1. The van der Waals surface area contributed by atoms with Crippen LogP contribution < -0.4 is 0 Å². The van der Waals surface area contributed by atoms with Crippen LogP contribution in [0.5, 0.6) is 0 Å². The van der Waals surface area contributed by atoms with E-state index < -0.39 is 36.5 Å². The van der Waals surface area contributed by atoms with Gasteiger partial charge in [0.1, 0.15) is 12.2 Å². The normalized spacial score (nSPS) is 28.0. The van der Waals surface area contributed by atoms with Crippen LogP contribution >= 0.6 is 15.9 Å². The maximum atomic E-state index is 12.2. The standard InChI is InChI=1S/C15H17BrO6/c1-9(17)20-11-7-13(18)21-12(8-16)14(11)22-15(19)10-5-3-2-4-6-10/h2-6,11-14,18H,7-8H2,1H3/t11-,12-,13-,14+/m1/s1. The molecule has 4 atom stereocenters. The van der Waals surface area contributed by atoms with Gasteiger partial charge in [-0.1, -0.05) is 34.1 Å². The minimum absolute atomic E-state index is 0.0514. The molecule has 7 heteroatoms. The van der Waals surface area contributed by atoms with Gasteiger partial charge in [0.05, 0.1) is 5.56 Å². The molecule has 0 radical (unpaired) electrons. The predicted molar refractivity (Wildman–Crippen MR) is 80.5 cm³/mol. The van der Waals surface area contributed by atoms with Crippen molar-refractivity contribution in [2.24, 2.45) is 0 Å². The van der Waals surface area contributed by atoms with Crippen LogP contribution in [0, 0.1) is 0 Å². The maximum Gasteiger partial charge on any atom is 0.338 e. The lowest BCUT2D eigenvalue weighted by atomic mass is 10.0. The highest BCUT2D eigenvalue weighted by molar-refractivity contribution is 9.09. The third-order valence-corrected chi connectivity index (χ3v) is 3.86. The highest BCUT2D eigenvalue weighted by Gasteiger charge is 2.42. The Kier molecular flexibility index (Phi) is 5.93. The van der Waals surface area contributed by atoms with Crippen LogP contribution in [0.25, 0.3) is 0 Å². The van der Waals surface area contributed by atoms with Crippen LogP contribution in [-0.4, -0.2) is 47.0 Å². The zero-order valence-electron chi connectivity index (χ0n) is 12.0. The van der Waals surface area contributed by atoms with Gasteiger partial charge in [0.25, 0.3) is 0 Å². The Morgan fingerprint density at radius 1 is 1.32 bits per heavy atom. The summed E-state index contributed by atoms with van der Waals surface area (Å²) in [6.45, 7) is 1.26. The number of hydrogen-bond donors (Lipinski definition) is 1. The van der Waals surface area contributed by atoms with E-state index in [4.69, 9.17) is 14.2 Å². The molecule has 2 rings (SSSR count). The molecule has 0 amide bonds. The molecule has 1 heterocycles. The van der Waals surface area contributed by atoms with Gasteiger partial charge < -0.3 is 19.3 Å². The molecule has 1 fully saturated rings. The average molecular weight is 373 g/mol. The Morgan fingerprint density at radius 2 is 2.00 bits per heavy atom. The van der Waals surface area contributed by atoms with Crippen LogP contribution in [0.15, 0.2) is 30.3 Å². The number of halogens is 1. The SMILES string of the molecule is CC(=O)O[C@@H]1C[C@H](O)O[C@H](CBr)[C@H]1OC(=O)c1ccccc1. The third-order valence-electron chi connectivity index (χ3n) is 3.22. The molecule has 1 saturated heterocycles. The lowest BCUT2D eigenvalue weighted by Crippen LogP contribution is -2.52. The number of aliphatic hydroxyl groups excluding tert-OH is 1. The molecule has 1 aromatic rings. The molecule has 1 aromatic carbocycles. The number of aliphatic hydroxyl groups is 1. The zero-order valence-corrected chi connectivity index (χ0v) is 13.6. The third kappa shape index (κ3) is 4.28. The molecule has 0 unspecified atom stereocenters. The number of esters is 2. The predicted octanol–water partition coefficient (Wildman–Crippen LogP) is 1.65. The van der Waals surface area contributed by atoms with Crippen LogP contribution in [0.1, 0.15) is 23.7 Å². The summed E-state index contributed by atoms with van der Waals surface area (Å²) in [6.07, 6.45) is -3.18. The lowest BCUT2D eigenvalue weighted by Gasteiger charge is -2.38. The lowest BCUT2D eigenvalue weighted by molar-refractivity contribution is -0.232. The quantitative estimate of drug-likeness (QED) is 0.639. The van der Waals surface area contributed by atoms with Crippen molar-refractivity contribution in [3.8, 4) is 0 Å². The first-order chi connectivity index (χ1) is 10.5. The van der Waals surface area contributed by atoms with E-state index in [1.807, 2.05) is 0 Å². The average Bonchev–Trinajstić information content (AvgIpc) is 2.49. The largest absolute Gasteiger partial charge is 0.458 e. The van der Waals surface area contributed by atoms with Gasteiger partial charge in [-0.05, 0) is 12.1 Å². The molecule has 120 valence electrons. The fourth-order valence-electron chi connectivity index (χ4n) is 2.28. The number of hydrogen-bond acceptors (Lipinski definition) is 6. The topological polar surface area (TPSA) is 82.1 Å². The van der Waals surface area contributed by atoms with Crippen LogP contribution in [0.4, 0.5) is 0 Å². The van der Waals surface area contributed by atoms with Crippen molar-refractivity contribution in [2.75, 3.05) is 5.33 Å². The Hall–Kier alpha value is -1.44. The van der Waals surface area contributed by atoms with Crippen molar-refractivity contribution in [1.29, 1.82) is 0 Å². The molecule has 0 aromatic heterocycles. The Bertz CT molecular complexity index is 520. The first kappa shape index (κ1) is 16.9. The number of carbonyl (C=O) groups excluding carboxylic acids is 2. The van der Waals surface area contributed by atoms with E-state index >= 15 is 0 Å². The van der Waals surface area contributed by atoms with Gasteiger partial charge in [-0.3, -0.25) is 4.79 Å². The molecule has 0 aliphatic carbocycles. The fourth-order valence-corrected chi connectivity index (χ4v) is 2.80. The van der Waals surface area contributed by atoms with Gasteiger partial charge in [-0.2, -0.15) is 0 Å². The molecule has 1 aliphatic rings. The molecule has 1 aliphatic heterocycles. The first-order valence-electron chi connectivity index (χ1n) is 6.84. The highest BCUT2D eigenvalue weighted by Crippen LogP contribution is 2.26. The van der Waals surface area contributed by atoms with E-state index in [-0.39, 0.29) is 6.42 Å². The van der Waals surface area contributed by atoms with Gasteiger partial charge in [-0.15, -0.1) is 0 Å². The second kappa shape index (κ2) is 7.71. The minimum atomic E-state index is -1.07. The highest BCUT2D eigenvalue weighted by atomic mass is 79.9. The van der Waals surface area contributed by atoms with Gasteiger partial charge in [-0.25, -0.2) is 4.79 Å². The van der Waals surface area contributed by atoms with Crippen LogP contribution in [0.3, 0.4) is 0 Å². The maximum absolute atomic E-state index is 12.2. The van der Waals surface area contributed by atoms with Gasteiger partial charge >= 0.3 is 11.9 Å². The van der Waals surface area contributed by atoms with Gasteiger partial charge in [0, 0.05) is 18.7 Å². The van der Waals surface area contributed by atoms with E-state index in [0.717, 1.165) is 0 Å². The van der Waals surface area contributed by atoms with Crippen molar-refractivity contribution >= 4 is 27.9 Å². The van der Waals surface area contributed by atoms with Crippen LogP contribution in [0.2, 0.25) is 0 Å². The van der Waals surface area contributed by atoms with Gasteiger partial charge in [0.15, 0.2) is 12.4 Å². The summed E-state index contributed by atoms with van der Waals surface area (Å²) in [6, 6.07) is 8.50. The smallest absolute Gasteiger partial charge is 0.338 e. The van der Waals surface area contributed by atoms with E-state index in [1.165, 1.54) is 6.92 Å². The molecule has 0 saturated carbocycles. The molecule has 6 nitrogen and oxygen atoms in total. The van der Waals surface area contributed by atoms with Crippen LogP contribution in [-0.2, 0) is 19.0 Å². The summed E-state index contributed by atoms with van der Waals surface area (Å²) in [5, 5.41) is 10.0. The number of rotatable bonds is 4. The van der Waals surface area contributed by atoms with E-state index in [2.05, 4.69) is 15.9 Å². The second-order valence-corrected chi connectivity index (χ2v) is 5.55. The van der Waals surface area contributed by atoms with Crippen molar-refractivity contribution in [1.82, 2.24) is 0 Å². The molecular formula is C15H17BrO6. The molecule has 0 bridgehead atoms. The molecule has 22 heavy (non-hydrogen) atoms. The summed E-state index contributed by atoms with van der Waals surface area (Å²) in [5.74, 6) is -1.04. The van der Waals surface area contributed by atoms with E-state index in [1.54, 1.807) is 30.3 Å². The monoisotopic (exact) mass is 372 g/mol. The van der Waals surface area contributed by atoms with Gasteiger partial charge in [0.2, 0.25) is 0 Å². The van der Waals surface area contributed by atoms with Crippen molar-refractivity contribution < 1.29 is 28.9 Å². The summed E-state index contributed by atoms with van der Waals surface area (Å²) in [5.41, 5.74) is 0.392. The zero-order chi connectivity index (χ0) is 16.1. The van der Waals surface area contributed by atoms with Crippen molar-refractivity contribution in [3.63, 3.8) is 0 Å². The van der Waals surface area contributed by atoms with E-state index in [9.17, 15) is 14.7 Å². The summed E-state index contributed by atoms with van der Waals surface area (Å²) in [7, 11) is 0. The summed E-state index contributed by atoms with van der Waals surface area (Å²) in [4.78, 5) is 23.4. The Labute approximate surface area is 136 Å². The summed E-state index contributed by atoms with van der Waals surface area (Å²) >= 11 is 3.25. The fraction of sp³-hybridized carbons (Fsp3) is 0.467. The number of carbonyl (C=O) groups is 2. The van der Waals surface area contributed by atoms with E-state index in [0.29, 0.717) is 10.9 Å². The number of benzene rings is 1. The first-order valence-corrected chi connectivity index (χ1v) is 7.96.